The van der Waals surface area contributed by atoms with E-state index in [1.54, 1.807) is 19.2 Å². The minimum Gasteiger partial charge on any atom is -0.491 e. The van der Waals surface area contributed by atoms with Crippen molar-refractivity contribution < 1.29 is 32.6 Å². The summed E-state index contributed by atoms with van der Waals surface area (Å²) >= 11 is 6.40. The third kappa shape index (κ3) is 6.48. The highest BCUT2D eigenvalue weighted by Gasteiger charge is 2.47. The van der Waals surface area contributed by atoms with E-state index in [0.717, 1.165) is 17.7 Å². The summed E-state index contributed by atoms with van der Waals surface area (Å²) in [6.45, 7) is 3.53. The number of hydrogen-bond acceptors (Lipinski definition) is 6. The van der Waals surface area contributed by atoms with Crippen LogP contribution in [0.15, 0.2) is 54.7 Å². The van der Waals surface area contributed by atoms with Crippen molar-refractivity contribution >= 4 is 34.3 Å². The topological polar surface area (TPSA) is 127 Å². The molecule has 230 valence electrons. The standard InChI is InChI=1S/C32H30ClF3N4O4/c1-3-44-29-20(14-26(37)41)13-25(40-28(29)18-4-6-23(7-5-18)32(34,35)36)31(43,22-8-9-22)16-39-30(42)21-11-19-10-17(2)15-38-27(19)24(33)12-21/h4-7,10-13,15,22,43H,3,8-9,14,16H2,1-2H3,(H2,37,41)(H,39,42)/t31-/m1/s1. The van der Waals surface area contributed by atoms with E-state index in [0.29, 0.717) is 34.3 Å². The quantitative estimate of drug-likeness (QED) is 0.206. The van der Waals surface area contributed by atoms with E-state index in [1.165, 1.54) is 24.3 Å². The average Bonchev–Trinajstić information content (AvgIpc) is 3.82. The molecule has 0 aliphatic heterocycles. The van der Waals surface area contributed by atoms with Gasteiger partial charge >= 0.3 is 6.18 Å². The first-order chi connectivity index (χ1) is 20.8. The van der Waals surface area contributed by atoms with Gasteiger partial charge in [-0.1, -0.05) is 23.7 Å². The molecule has 0 spiro atoms. The number of carbonyl (C=O) groups excluding carboxylic acids is 2. The van der Waals surface area contributed by atoms with E-state index in [2.05, 4.69) is 15.3 Å². The molecule has 4 aromatic rings. The molecular formula is C32H30ClF3N4O4. The second-order valence-corrected chi connectivity index (χ2v) is 11.3. The smallest absolute Gasteiger partial charge is 0.416 e. The molecule has 0 unspecified atom stereocenters. The van der Waals surface area contributed by atoms with Crippen LogP contribution in [0.1, 0.15) is 52.5 Å². The first kappa shape index (κ1) is 31.2. The molecule has 0 saturated heterocycles. The number of nitrogens with one attached hydrogen (secondary N) is 1. The number of halogens is 4. The maximum absolute atomic E-state index is 13.3. The Morgan fingerprint density at radius 1 is 1.14 bits per heavy atom. The van der Waals surface area contributed by atoms with Gasteiger partial charge in [0.1, 0.15) is 17.0 Å². The Hall–Kier alpha value is -4.22. The number of rotatable bonds is 10. The zero-order valence-electron chi connectivity index (χ0n) is 24.0. The van der Waals surface area contributed by atoms with E-state index in [9.17, 15) is 27.9 Å². The normalized spacial score (nSPS) is 14.7. The maximum Gasteiger partial charge on any atom is 0.416 e. The molecule has 5 rings (SSSR count). The van der Waals surface area contributed by atoms with Gasteiger partial charge in [0, 0.05) is 28.3 Å². The van der Waals surface area contributed by atoms with Gasteiger partial charge in [-0.3, -0.25) is 14.6 Å². The summed E-state index contributed by atoms with van der Waals surface area (Å²) in [5.74, 6) is -1.27. The van der Waals surface area contributed by atoms with E-state index in [1.807, 2.05) is 13.0 Å². The third-order valence-electron chi connectivity index (χ3n) is 7.54. The summed E-state index contributed by atoms with van der Waals surface area (Å²) < 4.78 is 45.6. The molecule has 1 aliphatic carbocycles. The minimum absolute atomic E-state index is 0.131. The monoisotopic (exact) mass is 626 g/mol. The Morgan fingerprint density at radius 2 is 1.84 bits per heavy atom. The number of alkyl halides is 3. The van der Waals surface area contributed by atoms with Crippen LogP contribution in [-0.4, -0.2) is 40.0 Å². The van der Waals surface area contributed by atoms with Crippen LogP contribution >= 0.6 is 11.6 Å². The molecule has 2 aromatic heterocycles. The Kier molecular flexibility index (Phi) is 8.55. The predicted molar refractivity (Wildman–Crippen MR) is 159 cm³/mol. The van der Waals surface area contributed by atoms with Crippen molar-refractivity contribution in [3.8, 4) is 17.0 Å². The highest BCUT2D eigenvalue weighted by molar-refractivity contribution is 6.35. The van der Waals surface area contributed by atoms with Gasteiger partial charge in [-0.2, -0.15) is 13.2 Å². The SMILES string of the molecule is CCOc1c(CC(N)=O)cc([C@@](O)(CNC(=O)c2cc(Cl)c3ncc(C)cc3c2)C2CC2)nc1-c1ccc(C(F)(F)F)cc1. The molecule has 12 heteroatoms. The molecule has 4 N–H and O–H groups in total. The van der Waals surface area contributed by atoms with Crippen LogP contribution in [0.3, 0.4) is 0 Å². The second-order valence-electron chi connectivity index (χ2n) is 10.9. The van der Waals surface area contributed by atoms with Crippen LogP contribution in [0, 0.1) is 12.8 Å². The summed E-state index contributed by atoms with van der Waals surface area (Å²) in [4.78, 5) is 34.3. The fraction of sp³-hybridized carbons (Fsp3) is 0.312. The highest BCUT2D eigenvalue weighted by Crippen LogP contribution is 2.47. The molecular weight excluding hydrogens is 597 g/mol. The fourth-order valence-electron chi connectivity index (χ4n) is 5.21. The van der Waals surface area contributed by atoms with Gasteiger partial charge in [0.2, 0.25) is 5.91 Å². The number of carbonyl (C=O) groups is 2. The van der Waals surface area contributed by atoms with Crippen LogP contribution in [0.5, 0.6) is 5.75 Å². The molecule has 0 bridgehead atoms. The summed E-state index contributed by atoms with van der Waals surface area (Å²) in [6, 6.07) is 10.9. The molecule has 2 amide bonds. The Morgan fingerprint density at radius 3 is 2.45 bits per heavy atom. The van der Waals surface area contributed by atoms with Gasteiger partial charge in [0.05, 0.1) is 41.4 Å². The summed E-state index contributed by atoms with van der Waals surface area (Å²) in [5, 5.41) is 15.8. The van der Waals surface area contributed by atoms with E-state index in [-0.39, 0.29) is 53.8 Å². The van der Waals surface area contributed by atoms with Crippen LogP contribution in [-0.2, 0) is 23.0 Å². The number of aryl methyl sites for hydroxylation is 1. The number of fused-ring (bicyclic) bond motifs is 1. The van der Waals surface area contributed by atoms with Crippen LogP contribution < -0.4 is 15.8 Å². The lowest BCUT2D eigenvalue weighted by Crippen LogP contribution is -2.43. The summed E-state index contributed by atoms with van der Waals surface area (Å²) in [5.41, 5.74) is 5.60. The number of primary amides is 1. The van der Waals surface area contributed by atoms with E-state index in [4.69, 9.17) is 22.1 Å². The van der Waals surface area contributed by atoms with Crippen molar-refractivity contribution in [3.05, 3.63) is 87.7 Å². The Labute approximate surface area is 256 Å². The lowest BCUT2D eigenvalue weighted by Gasteiger charge is -2.30. The van der Waals surface area contributed by atoms with Crippen molar-refractivity contribution in [1.29, 1.82) is 0 Å². The molecule has 8 nitrogen and oxygen atoms in total. The van der Waals surface area contributed by atoms with Crippen molar-refractivity contribution in [3.63, 3.8) is 0 Å². The molecule has 1 fully saturated rings. The first-order valence-corrected chi connectivity index (χ1v) is 14.4. The molecule has 2 heterocycles. The first-order valence-electron chi connectivity index (χ1n) is 14.0. The minimum atomic E-state index is -4.54. The number of pyridine rings is 2. The van der Waals surface area contributed by atoms with Crippen LogP contribution in [0.25, 0.3) is 22.2 Å². The highest BCUT2D eigenvalue weighted by atomic mass is 35.5. The van der Waals surface area contributed by atoms with Crippen molar-refractivity contribution in [2.75, 3.05) is 13.2 Å². The number of aliphatic hydroxyl groups is 1. The maximum atomic E-state index is 13.3. The van der Waals surface area contributed by atoms with Gasteiger partial charge in [-0.15, -0.1) is 0 Å². The van der Waals surface area contributed by atoms with E-state index >= 15 is 0 Å². The number of amides is 2. The largest absolute Gasteiger partial charge is 0.491 e. The zero-order chi connectivity index (χ0) is 31.8. The lowest BCUT2D eigenvalue weighted by molar-refractivity contribution is -0.137. The molecule has 44 heavy (non-hydrogen) atoms. The third-order valence-corrected chi connectivity index (χ3v) is 7.83. The van der Waals surface area contributed by atoms with Gasteiger partial charge in [0.15, 0.2) is 0 Å². The Balaban J connectivity index is 1.54. The van der Waals surface area contributed by atoms with Crippen molar-refractivity contribution in [2.24, 2.45) is 11.7 Å². The van der Waals surface area contributed by atoms with E-state index < -0.39 is 29.2 Å². The predicted octanol–water partition coefficient (Wildman–Crippen LogP) is 5.73. The van der Waals surface area contributed by atoms with Crippen molar-refractivity contribution in [1.82, 2.24) is 15.3 Å². The fourth-order valence-corrected chi connectivity index (χ4v) is 5.49. The van der Waals surface area contributed by atoms with Crippen LogP contribution in [0.4, 0.5) is 13.2 Å². The average molecular weight is 627 g/mol. The molecule has 1 saturated carbocycles. The van der Waals surface area contributed by atoms with Gasteiger partial charge < -0.3 is 20.9 Å². The van der Waals surface area contributed by atoms with Crippen LogP contribution in [0.2, 0.25) is 5.02 Å². The molecule has 1 aliphatic rings. The molecule has 2 aromatic carbocycles. The number of nitrogens with zero attached hydrogens (tertiary/aromatic N) is 2. The van der Waals surface area contributed by atoms with Gasteiger partial charge in [-0.25, -0.2) is 4.98 Å². The number of benzene rings is 2. The number of ether oxygens (including phenoxy) is 1. The van der Waals surface area contributed by atoms with Crippen molar-refractivity contribution in [2.45, 2.75) is 44.9 Å². The van der Waals surface area contributed by atoms with Gasteiger partial charge in [0.25, 0.3) is 5.91 Å². The molecule has 0 radical (unpaired) electrons. The second kappa shape index (κ2) is 12.0. The Bertz CT molecular complexity index is 1740. The summed E-state index contributed by atoms with van der Waals surface area (Å²) in [6.07, 6.45) is -1.83. The zero-order valence-corrected chi connectivity index (χ0v) is 24.7. The molecule has 1 atom stereocenters. The lowest BCUT2D eigenvalue weighted by atomic mass is 9.90. The van der Waals surface area contributed by atoms with Gasteiger partial charge in [-0.05, 0) is 74.6 Å². The number of aromatic nitrogens is 2. The number of nitrogens with two attached hydrogens (primary N) is 1. The summed E-state index contributed by atoms with van der Waals surface area (Å²) in [7, 11) is 0. The number of hydrogen-bond donors (Lipinski definition) is 3.